The Labute approximate surface area is 219 Å². The van der Waals surface area contributed by atoms with Gasteiger partial charge < -0.3 is 9.47 Å². The van der Waals surface area contributed by atoms with Gasteiger partial charge in [-0.1, -0.05) is 18.2 Å². The van der Waals surface area contributed by atoms with Crippen molar-refractivity contribution in [3.05, 3.63) is 99.6 Å². The van der Waals surface area contributed by atoms with E-state index in [4.69, 9.17) is 9.47 Å². The number of carbonyl (C=O) groups excluding carboxylic acids is 1. The molecule has 156 valence electrons. The van der Waals surface area contributed by atoms with Gasteiger partial charge in [0.1, 0.15) is 18.2 Å². The molecular weight excluding hydrogens is 738 g/mol. The molecule has 8 heteroatoms. The lowest BCUT2D eigenvalue weighted by Gasteiger charge is -2.11. The Morgan fingerprint density at radius 3 is 2.39 bits per heavy atom. The fourth-order valence-corrected chi connectivity index (χ4v) is 5.34. The van der Waals surface area contributed by atoms with Crippen molar-refractivity contribution >= 4 is 85.7 Å². The van der Waals surface area contributed by atoms with Crippen LogP contribution < -0.4 is 4.74 Å². The van der Waals surface area contributed by atoms with Crippen LogP contribution in [-0.2, 0) is 16.1 Å². The first kappa shape index (κ1) is 22.6. The van der Waals surface area contributed by atoms with E-state index in [2.05, 4.69) is 72.8 Å². The summed E-state index contributed by atoms with van der Waals surface area (Å²) < 4.78 is 27.7. The van der Waals surface area contributed by atoms with E-state index in [9.17, 15) is 9.18 Å². The van der Waals surface area contributed by atoms with Gasteiger partial charge in [0.25, 0.3) is 0 Å². The van der Waals surface area contributed by atoms with Crippen molar-refractivity contribution in [1.29, 1.82) is 0 Å². The van der Waals surface area contributed by atoms with Crippen LogP contribution in [0.15, 0.2) is 71.4 Å². The van der Waals surface area contributed by atoms with Gasteiger partial charge in [0.2, 0.25) is 5.90 Å². The van der Waals surface area contributed by atoms with Gasteiger partial charge in [-0.15, -0.1) is 0 Å². The Morgan fingerprint density at radius 1 is 1.00 bits per heavy atom. The number of benzene rings is 3. The molecule has 0 radical (unpaired) electrons. The maximum absolute atomic E-state index is 13.5. The molecule has 4 nitrogen and oxygen atoms in total. The highest BCUT2D eigenvalue weighted by Gasteiger charge is 2.24. The van der Waals surface area contributed by atoms with Crippen molar-refractivity contribution in [3.63, 3.8) is 0 Å². The number of cyclic esters (lactones) is 1. The van der Waals surface area contributed by atoms with Gasteiger partial charge >= 0.3 is 5.97 Å². The molecule has 4 rings (SSSR count). The predicted molar refractivity (Wildman–Crippen MR) is 142 cm³/mol. The molecule has 0 bridgehead atoms. The minimum absolute atomic E-state index is 0.0950. The van der Waals surface area contributed by atoms with Crippen molar-refractivity contribution in [2.24, 2.45) is 4.99 Å². The average Bonchev–Trinajstić information content (AvgIpc) is 3.09. The molecule has 3 aromatic rings. The number of halogens is 4. The molecular formula is C23H13FI3NO3. The summed E-state index contributed by atoms with van der Waals surface area (Å²) in [4.78, 5) is 16.5. The maximum atomic E-state index is 13.5. The number of hydrogen-bond acceptors (Lipinski definition) is 4. The van der Waals surface area contributed by atoms with Crippen LogP contribution in [0.5, 0.6) is 5.75 Å². The van der Waals surface area contributed by atoms with Crippen molar-refractivity contribution < 1.29 is 18.7 Å². The molecule has 0 atom stereocenters. The van der Waals surface area contributed by atoms with Gasteiger partial charge in [-0.2, -0.15) is 0 Å². The molecule has 0 N–H and O–H groups in total. The zero-order valence-corrected chi connectivity index (χ0v) is 22.2. The SMILES string of the molecule is O=C1OC(c2cccc(F)c2)=N/C1=C\c1cc(I)c(OCc2ccc(I)cc2)c(I)c1. The van der Waals surface area contributed by atoms with E-state index >= 15 is 0 Å². The first-order chi connectivity index (χ1) is 14.9. The molecule has 0 aromatic heterocycles. The summed E-state index contributed by atoms with van der Waals surface area (Å²) in [6.45, 7) is 0.469. The Hall–Kier alpha value is -1.54. The normalized spacial score (nSPS) is 14.5. The lowest BCUT2D eigenvalue weighted by atomic mass is 10.2. The van der Waals surface area contributed by atoms with Crippen LogP contribution in [0.4, 0.5) is 4.39 Å². The third-order valence-electron chi connectivity index (χ3n) is 4.31. The van der Waals surface area contributed by atoms with E-state index in [1.165, 1.54) is 15.7 Å². The van der Waals surface area contributed by atoms with Crippen molar-refractivity contribution in [3.8, 4) is 5.75 Å². The molecule has 0 saturated heterocycles. The van der Waals surface area contributed by atoms with Crippen LogP contribution in [0, 0.1) is 16.5 Å². The lowest BCUT2D eigenvalue weighted by Crippen LogP contribution is -2.05. The smallest absolute Gasteiger partial charge is 0.363 e. The average molecular weight is 751 g/mol. The second-order valence-corrected chi connectivity index (χ2v) is 10.1. The summed E-state index contributed by atoms with van der Waals surface area (Å²) in [5.74, 6) is -0.0978. The Bertz CT molecular complexity index is 1200. The zero-order chi connectivity index (χ0) is 22.0. The summed E-state index contributed by atoms with van der Waals surface area (Å²) >= 11 is 6.70. The Morgan fingerprint density at radius 2 is 1.71 bits per heavy atom. The zero-order valence-electron chi connectivity index (χ0n) is 15.7. The van der Waals surface area contributed by atoms with Crippen LogP contribution >= 0.6 is 67.8 Å². The largest absolute Gasteiger partial charge is 0.487 e. The highest BCUT2D eigenvalue weighted by atomic mass is 127. The first-order valence-electron chi connectivity index (χ1n) is 9.04. The quantitative estimate of drug-likeness (QED) is 0.169. The van der Waals surface area contributed by atoms with Crippen LogP contribution in [-0.4, -0.2) is 11.9 Å². The van der Waals surface area contributed by atoms with Gasteiger partial charge in [0, 0.05) is 9.13 Å². The summed E-state index contributed by atoms with van der Waals surface area (Å²) in [6.07, 6.45) is 1.65. The fourth-order valence-electron chi connectivity index (χ4n) is 2.85. The van der Waals surface area contributed by atoms with Crippen molar-refractivity contribution in [2.75, 3.05) is 0 Å². The number of aliphatic imine (C=N–C) groups is 1. The summed E-state index contributed by atoms with van der Waals surface area (Å²) in [5.41, 5.74) is 2.47. The van der Waals surface area contributed by atoms with E-state index < -0.39 is 11.8 Å². The predicted octanol–water partition coefficient (Wildman–Crippen LogP) is 6.56. The molecule has 1 aliphatic rings. The summed E-state index contributed by atoms with van der Waals surface area (Å²) in [6, 6.07) is 17.8. The molecule has 0 aliphatic carbocycles. The molecule has 1 aliphatic heterocycles. The number of rotatable bonds is 5. The Kier molecular flexibility index (Phi) is 7.26. The van der Waals surface area contributed by atoms with Crippen LogP contribution in [0.25, 0.3) is 6.08 Å². The number of hydrogen-bond donors (Lipinski definition) is 0. The van der Waals surface area contributed by atoms with E-state index in [0.717, 1.165) is 24.0 Å². The maximum Gasteiger partial charge on any atom is 0.363 e. The first-order valence-corrected chi connectivity index (χ1v) is 12.3. The van der Waals surface area contributed by atoms with Gasteiger partial charge in [-0.05, 0) is 127 Å². The van der Waals surface area contributed by atoms with E-state index in [1.54, 1.807) is 18.2 Å². The summed E-state index contributed by atoms with van der Waals surface area (Å²) in [5, 5.41) is 0. The minimum atomic E-state index is -0.566. The molecule has 31 heavy (non-hydrogen) atoms. The lowest BCUT2D eigenvalue weighted by molar-refractivity contribution is -0.129. The third kappa shape index (κ3) is 5.64. The molecule has 0 amide bonds. The second-order valence-electron chi connectivity index (χ2n) is 6.58. The highest BCUT2D eigenvalue weighted by molar-refractivity contribution is 14.1. The van der Waals surface area contributed by atoms with Gasteiger partial charge in [-0.3, -0.25) is 0 Å². The number of ether oxygens (including phenoxy) is 2. The third-order valence-corrected chi connectivity index (χ3v) is 6.63. The van der Waals surface area contributed by atoms with E-state index in [0.29, 0.717) is 12.2 Å². The van der Waals surface area contributed by atoms with Crippen LogP contribution in [0.2, 0.25) is 0 Å². The molecule has 0 unspecified atom stereocenters. The van der Waals surface area contributed by atoms with Crippen LogP contribution in [0.3, 0.4) is 0 Å². The highest BCUT2D eigenvalue weighted by Crippen LogP contribution is 2.31. The number of esters is 1. The molecule has 3 aromatic carbocycles. The molecule has 1 heterocycles. The van der Waals surface area contributed by atoms with Crippen molar-refractivity contribution in [2.45, 2.75) is 6.61 Å². The second kappa shape index (κ2) is 9.94. The fraction of sp³-hybridized carbons (Fsp3) is 0.0435. The molecule has 0 fully saturated rings. The topological polar surface area (TPSA) is 47.9 Å². The minimum Gasteiger partial charge on any atom is -0.487 e. The van der Waals surface area contributed by atoms with Gasteiger partial charge in [-0.25, -0.2) is 14.2 Å². The number of nitrogens with zero attached hydrogens (tertiary/aromatic N) is 1. The standard InChI is InChI=1S/C23H13FI3NO3/c24-16-3-1-2-15(11-16)22-28-20(23(29)31-22)10-14-8-18(26)21(19(27)9-14)30-12-13-4-6-17(25)7-5-13/h1-11H,12H2/b20-10-. The summed E-state index contributed by atoms with van der Waals surface area (Å²) in [7, 11) is 0. The molecule has 0 spiro atoms. The van der Waals surface area contributed by atoms with Gasteiger partial charge in [0.05, 0.1) is 7.14 Å². The van der Waals surface area contributed by atoms with E-state index in [1.807, 2.05) is 36.4 Å². The molecule has 0 saturated carbocycles. The van der Waals surface area contributed by atoms with Gasteiger partial charge in [0.15, 0.2) is 5.70 Å². The Balaban J connectivity index is 1.55. The number of carbonyl (C=O) groups is 1. The van der Waals surface area contributed by atoms with Crippen molar-refractivity contribution in [1.82, 2.24) is 0 Å². The van der Waals surface area contributed by atoms with E-state index in [-0.39, 0.29) is 11.6 Å². The monoisotopic (exact) mass is 751 g/mol. The van der Waals surface area contributed by atoms with Crippen LogP contribution in [0.1, 0.15) is 16.7 Å².